The minimum absolute atomic E-state index is 0.178. The van der Waals surface area contributed by atoms with E-state index in [1.54, 1.807) is 6.26 Å². The highest BCUT2D eigenvalue weighted by Gasteiger charge is 2.87. The topological polar surface area (TPSA) is 136 Å². The van der Waals surface area contributed by atoms with Crippen molar-refractivity contribution in [2.45, 2.75) is 82.4 Å². The highest BCUT2D eigenvalue weighted by atomic mass is 16.7. The van der Waals surface area contributed by atoms with Crippen LogP contribution in [0.1, 0.15) is 58.3 Å². The lowest BCUT2D eigenvalue weighted by Crippen LogP contribution is -2.81. The van der Waals surface area contributed by atoms with Crippen LogP contribution in [0, 0.1) is 16.7 Å². The summed E-state index contributed by atoms with van der Waals surface area (Å²) < 4.78 is 23.3. The normalized spacial score (nSPS) is 47.8. The van der Waals surface area contributed by atoms with Gasteiger partial charge in [-0.3, -0.25) is 9.59 Å². The second-order valence-electron chi connectivity index (χ2n) is 10.6. The Kier molecular flexibility index (Phi) is 4.71. The number of aryl methyl sites for hydroxylation is 1. The molecule has 1 aromatic heterocycles. The van der Waals surface area contributed by atoms with E-state index in [0.29, 0.717) is 31.4 Å². The molecule has 3 fully saturated rings. The standard InChI is InChI=1S/C24H32O9/c1-13(26)32-17-6-5-16-20(3)9-7-15-8-10-30-18(15)21(20,4)24(29)19(33-14(2)27)22(16,12-31-24)23(17,28)11-25/h8,10,16-17,19,25,28-29H,5-7,9,11-12H2,1-4H3/t16-,17-,19-,20-,21-,22+,23-,24-/m1/s1. The first-order valence-corrected chi connectivity index (χ1v) is 11.5. The van der Waals surface area contributed by atoms with Crippen LogP contribution in [0.4, 0.5) is 0 Å². The van der Waals surface area contributed by atoms with Gasteiger partial charge >= 0.3 is 11.9 Å². The highest BCUT2D eigenvalue weighted by molar-refractivity contribution is 5.67. The zero-order valence-electron chi connectivity index (χ0n) is 19.4. The lowest BCUT2D eigenvalue weighted by molar-refractivity contribution is -0.347. The average Bonchev–Trinajstić information content (AvgIpc) is 3.32. The van der Waals surface area contributed by atoms with Crippen molar-refractivity contribution >= 4 is 11.9 Å². The molecule has 1 aliphatic heterocycles. The van der Waals surface area contributed by atoms with Gasteiger partial charge in [-0.2, -0.15) is 0 Å². The van der Waals surface area contributed by atoms with Crippen molar-refractivity contribution in [2.75, 3.05) is 13.2 Å². The van der Waals surface area contributed by atoms with E-state index in [1.807, 2.05) is 19.9 Å². The second-order valence-corrected chi connectivity index (χ2v) is 10.6. The number of hydrogen-bond donors (Lipinski definition) is 3. The lowest BCUT2D eigenvalue weighted by Gasteiger charge is -2.69. The molecule has 0 amide bonds. The van der Waals surface area contributed by atoms with E-state index in [0.717, 1.165) is 5.56 Å². The molecule has 3 aliphatic carbocycles. The van der Waals surface area contributed by atoms with E-state index >= 15 is 0 Å². The number of aliphatic hydroxyl groups is 3. The second kappa shape index (κ2) is 6.81. The van der Waals surface area contributed by atoms with Crippen molar-refractivity contribution in [3.8, 4) is 0 Å². The van der Waals surface area contributed by atoms with Crippen LogP contribution in [0.15, 0.2) is 16.7 Å². The Bertz CT molecular complexity index is 1000. The summed E-state index contributed by atoms with van der Waals surface area (Å²) >= 11 is 0. The third-order valence-corrected chi connectivity index (χ3v) is 9.61. The van der Waals surface area contributed by atoms with Crippen LogP contribution < -0.4 is 0 Å². The van der Waals surface area contributed by atoms with Crippen molar-refractivity contribution < 1.29 is 43.5 Å². The number of carbonyl (C=O) groups excluding carboxylic acids is 2. The molecule has 9 heteroatoms. The highest BCUT2D eigenvalue weighted by Crippen LogP contribution is 2.76. The maximum Gasteiger partial charge on any atom is 0.303 e. The molecular weight excluding hydrogens is 432 g/mol. The van der Waals surface area contributed by atoms with Gasteiger partial charge in [-0.05, 0) is 55.6 Å². The van der Waals surface area contributed by atoms with Crippen LogP contribution in [0.3, 0.4) is 0 Å². The summed E-state index contributed by atoms with van der Waals surface area (Å²) in [5, 5.41) is 34.9. The molecule has 3 N–H and O–H groups in total. The molecule has 2 bridgehead atoms. The molecular formula is C24H32O9. The maximum atomic E-state index is 12.3. The number of ether oxygens (including phenoxy) is 3. The predicted molar refractivity (Wildman–Crippen MR) is 112 cm³/mol. The predicted octanol–water partition coefficient (Wildman–Crippen LogP) is 1.21. The molecule has 1 spiro atoms. The van der Waals surface area contributed by atoms with Crippen molar-refractivity contribution in [3.05, 3.63) is 23.7 Å². The molecule has 4 aliphatic rings. The van der Waals surface area contributed by atoms with Crippen molar-refractivity contribution in [1.82, 2.24) is 0 Å². The monoisotopic (exact) mass is 464 g/mol. The van der Waals surface area contributed by atoms with E-state index < -0.39 is 58.4 Å². The van der Waals surface area contributed by atoms with Crippen LogP contribution in [0.5, 0.6) is 0 Å². The van der Waals surface area contributed by atoms with Gasteiger partial charge in [-0.25, -0.2) is 0 Å². The number of furan rings is 1. The first-order chi connectivity index (χ1) is 15.4. The molecule has 2 heterocycles. The Labute approximate surface area is 192 Å². The zero-order valence-corrected chi connectivity index (χ0v) is 19.4. The number of hydrogen-bond acceptors (Lipinski definition) is 9. The molecule has 0 aromatic carbocycles. The first-order valence-electron chi connectivity index (χ1n) is 11.5. The molecule has 9 nitrogen and oxygen atoms in total. The SMILES string of the molecule is CC(=O)O[C@@H]1[C@]23CO[C@@]1(O)[C@]1(C)c4occc4CC[C@]1(C)[C@H]2CC[C@@H](OC(C)=O)[C@]3(O)CO. The fourth-order valence-corrected chi connectivity index (χ4v) is 8.00. The summed E-state index contributed by atoms with van der Waals surface area (Å²) in [4.78, 5) is 24.2. The number of carbonyl (C=O) groups is 2. The van der Waals surface area contributed by atoms with Gasteiger partial charge in [0.25, 0.3) is 0 Å². The minimum atomic E-state index is -2.04. The van der Waals surface area contributed by atoms with Gasteiger partial charge in [0.1, 0.15) is 17.5 Å². The number of rotatable bonds is 3. The van der Waals surface area contributed by atoms with Crippen LogP contribution >= 0.6 is 0 Å². The zero-order chi connectivity index (χ0) is 24.0. The lowest BCUT2D eigenvalue weighted by atomic mass is 9.35. The van der Waals surface area contributed by atoms with E-state index in [9.17, 15) is 24.9 Å². The minimum Gasteiger partial charge on any atom is -0.468 e. The average molecular weight is 465 g/mol. The van der Waals surface area contributed by atoms with Crippen LogP contribution in [0.2, 0.25) is 0 Å². The Hall–Kier alpha value is -1.94. The van der Waals surface area contributed by atoms with Gasteiger partial charge in [-0.1, -0.05) is 6.92 Å². The smallest absolute Gasteiger partial charge is 0.303 e. The van der Waals surface area contributed by atoms with E-state index in [1.165, 1.54) is 13.8 Å². The van der Waals surface area contributed by atoms with Crippen LogP contribution in [-0.4, -0.2) is 64.1 Å². The summed E-state index contributed by atoms with van der Waals surface area (Å²) in [6, 6.07) is 1.88. The molecule has 182 valence electrons. The van der Waals surface area contributed by atoms with Gasteiger partial charge < -0.3 is 33.9 Å². The fourth-order valence-electron chi connectivity index (χ4n) is 8.00. The van der Waals surface area contributed by atoms with Gasteiger partial charge in [0.15, 0.2) is 6.10 Å². The largest absolute Gasteiger partial charge is 0.468 e. The van der Waals surface area contributed by atoms with Crippen LogP contribution in [0.25, 0.3) is 0 Å². The molecule has 0 unspecified atom stereocenters. The number of aliphatic hydroxyl groups excluding tert-OH is 1. The Morgan fingerprint density at radius 2 is 1.85 bits per heavy atom. The Morgan fingerprint density at radius 3 is 2.48 bits per heavy atom. The van der Waals surface area contributed by atoms with E-state index in [4.69, 9.17) is 18.6 Å². The first kappa shape index (κ1) is 22.8. The summed E-state index contributed by atoms with van der Waals surface area (Å²) in [5.41, 5.74) is -4.20. The van der Waals surface area contributed by atoms with Crippen molar-refractivity contribution in [1.29, 1.82) is 0 Å². The van der Waals surface area contributed by atoms with Gasteiger partial charge in [-0.15, -0.1) is 0 Å². The van der Waals surface area contributed by atoms with Crippen LogP contribution in [-0.2, 0) is 35.6 Å². The van der Waals surface area contributed by atoms with Gasteiger partial charge in [0.05, 0.1) is 30.3 Å². The molecule has 1 aromatic rings. The quantitative estimate of drug-likeness (QED) is 0.564. The van der Waals surface area contributed by atoms with E-state index in [2.05, 4.69) is 0 Å². The van der Waals surface area contributed by atoms with Crippen molar-refractivity contribution in [2.24, 2.45) is 16.7 Å². The molecule has 5 rings (SSSR count). The molecule has 2 saturated carbocycles. The summed E-state index contributed by atoms with van der Waals surface area (Å²) in [6.45, 7) is 5.46. The van der Waals surface area contributed by atoms with E-state index in [-0.39, 0.29) is 12.5 Å². The summed E-state index contributed by atoms with van der Waals surface area (Å²) in [7, 11) is 0. The molecule has 0 radical (unpaired) electrons. The molecule has 8 atom stereocenters. The molecule has 33 heavy (non-hydrogen) atoms. The van der Waals surface area contributed by atoms with Gasteiger partial charge in [0, 0.05) is 13.8 Å². The Morgan fingerprint density at radius 1 is 1.15 bits per heavy atom. The summed E-state index contributed by atoms with van der Waals surface area (Å²) in [6.07, 6.45) is 1.42. The Balaban J connectivity index is 1.79. The fraction of sp³-hybridized carbons (Fsp3) is 0.750. The third-order valence-electron chi connectivity index (χ3n) is 9.61. The summed E-state index contributed by atoms with van der Waals surface area (Å²) in [5.74, 6) is -3.05. The number of fused-ring (bicyclic) bond motifs is 6. The van der Waals surface area contributed by atoms with Crippen molar-refractivity contribution in [3.63, 3.8) is 0 Å². The maximum absolute atomic E-state index is 12.3. The van der Waals surface area contributed by atoms with Gasteiger partial charge in [0.2, 0.25) is 5.79 Å². The third kappa shape index (κ3) is 2.36. The number of esters is 2. The molecule has 1 saturated heterocycles.